The van der Waals surface area contributed by atoms with E-state index in [1.807, 2.05) is 0 Å². The van der Waals surface area contributed by atoms with Crippen molar-refractivity contribution in [2.24, 2.45) is 0 Å². The maximum atomic E-state index is 10.7. The Hall–Kier alpha value is -1.02. The van der Waals surface area contributed by atoms with Gasteiger partial charge in [-0.1, -0.05) is 0 Å². The van der Waals surface area contributed by atoms with Crippen molar-refractivity contribution in [1.82, 2.24) is 0 Å². The van der Waals surface area contributed by atoms with Crippen LogP contribution in [0.2, 0.25) is 0 Å². The third kappa shape index (κ3) is 3.04. The van der Waals surface area contributed by atoms with Gasteiger partial charge in [0.2, 0.25) is 0 Å². The fraction of sp³-hybridized carbons (Fsp3) is 0.714. The monoisotopic (exact) mass is 208 g/mol. The summed E-state index contributed by atoms with van der Waals surface area (Å²) in [6.45, 7) is 0. The fourth-order valence-corrected chi connectivity index (χ4v) is 0.729. The zero-order valence-electron chi connectivity index (χ0n) is 7.40. The van der Waals surface area contributed by atoms with Crippen LogP contribution in [0.3, 0.4) is 0 Å². The molecule has 0 fully saturated rings. The van der Waals surface area contributed by atoms with Gasteiger partial charge in [-0.3, -0.25) is 0 Å². The molecule has 0 aliphatic carbocycles. The highest BCUT2D eigenvalue weighted by Crippen LogP contribution is 2.05. The van der Waals surface area contributed by atoms with E-state index in [2.05, 4.69) is 4.74 Å². The number of ether oxygens (including phenoxy) is 1. The highest BCUT2D eigenvalue weighted by atomic mass is 16.5. The van der Waals surface area contributed by atoms with Crippen molar-refractivity contribution in [3.63, 3.8) is 0 Å². The topological polar surface area (TPSA) is 124 Å². The van der Waals surface area contributed by atoms with Gasteiger partial charge in [0.25, 0.3) is 0 Å². The second kappa shape index (κ2) is 5.66. The predicted molar refractivity (Wildman–Crippen MR) is 42.1 cm³/mol. The Balaban J connectivity index is 4.37. The highest BCUT2D eigenvalue weighted by molar-refractivity contribution is 5.75. The number of aliphatic hydroxyl groups excluding tert-OH is 4. The van der Waals surface area contributed by atoms with Gasteiger partial charge in [-0.2, -0.15) is 0 Å². The van der Waals surface area contributed by atoms with Gasteiger partial charge in [-0.05, 0) is 0 Å². The van der Waals surface area contributed by atoms with Crippen molar-refractivity contribution >= 4 is 12.3 Å². The number of hydrogen-bond donors (Lipinski definition) is 4. The zero-order chi connectivity index (χ0) is 11.3. The number of aldehydes is 1. The minimum atomic E-state index is -2.01. The lowest BCUT2D eigenvalue weighted by molar-refractivity contribution is -0.166. The van der Waals surface area contributed by atoms with E-state index < -0.39 is 30.4 Å². The van der Waals surface area contributed by atoms with E-state index in [-0.39, 0.29) is 6.29 Å². The van der Waals surface area contributed by atoms with Crippen molar-refractivity contribution in [2.75, 3.05) is 7.11 Å². The van der Waals surface area contributed by atoms with E-state index >= 15 is 0 Å². The molecule has 0 saturated carbocycles. The van der Waals surface area contributed by atoms with Crippen molar-refractivity contribution in [2.45, 2.75) is 24.4 Å². The summed E-state index contributed by atoms with van der Waals surface area (Å²) in [6.07, 6.45) is -7.84. The quantitative estimate of drug-likeness (QED) is 0.277. The first-order valence-corrected chi connectivity index (χ1v) is 3.71. The molecule has 4 N–H and O–H groups in total. The number of methoxy groups -OCH3 is 1. The molecule has 0 rings (SSSR count). The lowest BCUT2D eigenvalue weighted by Crippen LogP contribution is -2.48. The molecule has 0 saturated heterocycles. The van der Waals surface area contributed by atoms with Gasteiger partial charge < -0.3 is 30.0 Å². The summed E-state index contributed by atoms with van der Waals surface area (Å²) in [5, 5.41) is 35.8. The zero-order valence-corrected chi connectivity index (χ0v) is 7.40. The SMILES string of the molecule is COC(=O)[C@@H](O)[C@H](O)[C@@H](O)[C@@H](O)C=O. The number of carbonyl (C=O) groups is 2. The molecule has 0 aliphatic heterocycles. The maximum absolute atomic E-state index is 10.7. The summed E-state index contributed by atoms with van der Waals surface area (Å²) in [5.74, 6) is -1.17. The van der Waals surface area contributed by atoms with Crippen LogP contribution in [0.4, 0.5) is 0 Å². The first-order valence-electron chi connectivity index (χ1n) is 3.71. The molecule has 0 unspecified atom stereocenters. The number of aliphatic hydroxyl groups is 4. The molecule has 0 aromatic carbocycles. The van der Waals surface area contributed by atoms with Crippen LogP contribution in [0.25, 0.3) is 0 Å². The normalized spacial score (nSPS) is 19.2. The molecule has 82 valence electrons. The summed E-state index contributed by atoms with van der Waals surface area (Å²) in [6, 6.07) is 0. The Morgan fingerprint density at radius 1 is 1.21 bits per heavy atom. The summed E-state index contributed by atoms with van der Waals surface area (Å²) >= 11 is 0. The average Bonchev–Trinajstić information content (AvgIpc) is 2.23. The van der Waals surface area contributed by atoms with Gasteiger partial charge in [0, 0.05) is 0 Å². The van der Waals surface area contributed by atoms with Crippen LogP contribution < -0.4 is 0 Å². The molecule has 0 aliphatic rings. The van der Waals surface area contributed by atoms with E-state index in [4.69, 9.17) is 20.4 Å². The standard InChI is InChI=1S/C7H12O7/c1-14-7(13)6(12)5(11)4(10)3(9)2-8/h2-6,9-12H,1H3/t3-,4-,5+,6-/m0/s1. The van der Waals surface area contributed by atoms with Crippen LogP contribution in [0.15, 0.2) is 0 Å². The van der Waals surface area contributed by atoms with E-state index in [0.717, 1.165) is 7.11 Å². The molecule has 7 heteroatoms. The summed E-state index contributed by atoms with van der Waals surface area (Å²) in [7, 11) is 0.973. The van der Waals surface area contributed by atoms with E-state index in [9.17, 15) is 9.59 Å². The number of rotatable bonds is 5. The summed E-state index contributed by atoms with van der Waals surface area (Å²) < 4.78 is 4.07. The smallest absolute Gasteiger partial charge is 0.337 e. The second-order valence-corrected chi connectivity index (χ2v) is 2.58. The van der Waals surface area contributed by atoms with Crippen LogP contribution in [0.1, 0.15) is 0 Å². The van der Waals surface area contributed by atoms with Crippen LogP contribution in [-0.2, 0) is 14.3 Å². The van der Waals surface area contributed by atoms with Gasteiger partial charge in [0.1, 0.15) is 18.3 Å². The Kier molecular flexibility index (Phi) is 5.24. The Labute approximate surface area is 79.5 Å². The molecular formula is C7H12O7. The first-order chi connectivity index (χ1) is 6.45. The van der Waals surface area contributed by atoms with Gasteiger partial charge in [0.05, 0.1) is 7.11 Å². The van der Waals surface area contributed by atoms with Gasteiger partial charge in [0.15, 0.2) is 12.4 Å². The molecule has 14 heavy (non-hydrogen) atoms. The second-order valence-electron chi connectivity index (χ2n) is 2.58. The number of esters is 1. The molecule has 0 bridgehead atoms. The molecular weight excluding hydrogens is 196 g/mol. The summed E-state index contributed by atoms with van der Waals surface area (Å²) in [5.41, 5.74) is 0. The number of carbonyl (C=O) groups excluding carboxylic acids is 2. The van der Waals surface area contributed by atoms with Crippen LogP contribution in [-0.4, -0.2) is 64.2 Å². The fourth-order valence-electron chi connectivity index (χ4n) is 0.729. The lowest BCUT2D eigenvalue weighted by Gasteiger charge is -2.22. The highest BCUT2D eigenvalue weighted by Gasteiger charge is 2.34. The molecule has 0 radical (unpaired) electrons. The molecule has 0 aromatic rings. The third-order valence-corrected chi connectivity index (χ3v) is 1.61. The lowest BCUT2D eigenvalue weighted by atomic mass is 10.0. The predicted octanol–water partition coefficient (Wildman–Crippen LogP) is -3.20. The van der Waals surface area contributed by atoms with Crippen LogP contribution >= 0.6 is 0 Å². The van der Waals surface area contributed by atoms with Crippen LogP contribution in [0.5, 0.6) is 0 Å². The summed E-state index contributed by atoms with van der Waals surface area (Å²) in [4.78, 5) is 20.6. The Bertz CT molecular complexity index is 204. The maximum Gasteiger partial charge on any atom is 0.337 e. The van der Waals surface area contributed by atoms with E-state index in [1.165, 1.54) is 0 Å². The Morgan fingerprint density at radius 2 is 1.71 bits per heavy atom. The molecule has 0 amide bonds. The van der Waals surface area contributed by atoms with Crippen molar-refractivity contribution in [3.8, 4) is 0 Å². The average molecular weight is 208 g/mol. The third-order valence-electron chi connectivity index (χ3n) is 1.61. The number of hydrogen-bond acceptors (Lipinski definition) is 7. The Morgan fingerprint density at radius 3 is 2.07 bits per heavy atom. The largest absolute Gasteiger partial charge is 0.467 e. The molecule has 0 aromatic heterocycles. The van der Waals surface area contributed by atoms with Crippen molar-refractivity contribution in [1.29, 1.82) is 0 Å². The van der Waals surface area contributed by atoms with E-state index in [0.29, 0.717) is 0 Å². The molecule has 0 spiro atoms. The molecule has 7 nitrogen and oxygen atoms in total. The minimum absolute atomic E-state index is 0.0299. The minimum Gasteiger partial charge on any atom is -0.467 e. The van der Waals surface area contributed by atoms with Crippen LogP contribution in [0, 0.1) is 0 Å². The van der Waals surface area contributed by atoms with Crippen molar-refractivity contribution in [3.05, 3.63) is 0 Å². The van der Waals surface area contributed by atoms with Gasteiger partial charge in [-0.15, -0.1) is 0 Å². The molecule has 4 atom stereocenters. The van der Waals surface area contributed by atoms with E-state index in [1.54, 1.807) is 0 Å². The first kappa shape index (κ1) is 13.0. The van der Waals surface area contributed by atoms with Crippen molar-refractivity contribution < 1.29 is 34.8 Å². The van der Waals surface area contributed by atoms with Gasteiger partial charge in [-0.25, -0.2) is 4.79 Å². The molecule has 0 heterocycles. The van der Waals surface area contributed by atoms with Gasteiger partial charge >= 0.3 is 5.97 Å².